The van der Waals surface area contributed by atoms with Crippen LogP contribution in [0.3, 0.4) is 0 Å². The molecule has 2 nitrogen and oxygen atoms in total. The summed E-state index contributed by atoms with van der Waals surface area (Å²) >= 11 is 0. The van der Waals surface area contributed by atoms with Gasteiger partial charge in [0.1, 0.15) is 0 Å². The Morgan fingerprint density at radius 3 is 1.41 bits per heavy atom. The molecule has 0 radical (unpaired) electrons. The minimum Gasteiger partial charge on any atom is -0.393 e. The van der Waals surface area contributed by atoms with Crippen molar-refractivity contribution in [3.63, 3.8) is 0 Å². The Labute approximate surface area is 183 Å². The maximum absolute atomic E-state index is 10.1. The molecule has 1 fully saturated rings. The van der Waals surface area contributed by atoms with E-state index in [2.05, 4.69) is 20.8 Å². The topological polar surface area (TPSA) is 29.5 Å². The van der Waals surface area contributed by atoms with Crippen LogP contribution in [-0.4, -0.2) is 24.4 Å². The van der Waals surface area contributed by atoms with E-state index in [9.17, 15) is 5.11 Å². The maximum atomic E-state index is 10.1. The van der Waals surface area contributed by atoms with E-state index in [0.717, 1.165) is 26.1 Å². The van der Waals surface area contributed by atoms with E-state index < -0.39 is 0 Å². The van der Waals surface area contributed by atoms with Gasteiger partial charge in [-0.2, -0.15) is 0 Å². The van der Waals surface area contributed by atoms with E-state index in [-0.39, 0.29) is 6.10 Å². The van der Waals surface area contributed by atoms with Gasteiger partial charge in [0, 0.05) is 13.2 Å². The van der Waals surface area contributed by atoms with Gasteiger partial charge in [0.15, 0.2) is 0 Å². The van der Waals surface area contributed by atoms with E-state index in [4.69, 9.17) is 4.74 Å². The number of hydrogen-bond acceptors (Lipinski definition) is 2. The Kier molecular flexibility index (Phi) is 17.4. The van der Waals surface area contributed by atoms with Crippen LogP contribution in [0, 0.1) is 17.8 Å². The lowest BCUT2D eigenvalue weighted by Gasteiger charge is -2.35. The molecule has 0 amide bonds. The Morgan fingerprint density at radius 2 is 1.00 bits per heavy atom. The van der Waals surface area contributed by atoms with Crippen molar-refractivity contribution in [2.45, 2.75) is 142 Å². The molecule has 29 heavy (non-hydrogen) atoms. The van der Waals surface area contributed by atoms with Crippen molar-refractivity contribution in [2.75, 3.05) is 13.2 Å². The molecule has 0 aromatic rings. The molecule has 1 aliphatic carbocycles. The summed E-state index contributed by atoms with van der Waals surface area (Å²) in [4.78, 5) is 0. The molecule has 0 aromatic heterocycles. The highest BCUT2D eigenvalue weighted by Crippen LogP contribution is 2.33. The monoisotopic (exact) mass is 410 g/mol. The summed E-state index contributed by atoms with van der Waals surface area (Å²) in [6.07, 6.45) is 24.8. The van der Waals surface area contributed by atoms with Gasteiger partial charge in [-0.1, -0.05) is 117 Å². The van der Waals surface area contributed by atoms with E-state index in [1.807, 2.05) is 0 Å². The van der Waals surface area contributed by atoms with Gasteiger partial charge in [-0.3, -0.25) is 0 Å². The van der Waals surface area contributed by atoms with Gasteiger partial charge in [-0.15, -0.1) is 0 Å². The van der Waals surface area contributed by atoms with E-state index in [1.54, 1.807) is 0 Å². The van der Waals surface area contributed by atoms with Crippen LogP contribution in [0.1, 0.15) is 136 Å². The van der Waals surface area contributed by atoms with Gasteiger partial charge in [0.25, 0.3) is 0 Å². The third-order valence-electron chi connectivity index (χ3n) is 7.07. The molecule has 0 spiro atoms. The van der Waals surface area contributed by atoms with Gasteiger partial charge in [0.2, 0.25) is 0 Å². The first kappa shape index (κ1) is 27.0. The Morgan fingerprint density at radius 1 is 0.621 bits per heavy atom. The molecule has 174 valence electrons. The lowest BCUT2D eigenvalue weighted by molar-refractivity contribution is -0.0143. The number of aliphatic hydroxyl groups excluding tert-OH is 1. The molecule has 1 rings (SSSR count). The van der Waals surface area contributed by atoms with Crippen molar-refractivity contribution < 1.29 is 9.84 Å². The van der Waals surface area contributed by atoms with Crippen molar-refractivity contribution in [1.29, 1.82) is 0 Å². The highest BCUT2D eigenvalue weighted by molar-refractivity contribution is 4.81. The van der Waals surface area contributed by atoms with E-state index in [1.165, 1.54) is 103 Å². The van der Waals surface area contributed by atoms with Crippen molar-refractivity contribution in [3.8, 4) is 0 Å². The van der Waals surface area contributed by atoms with Crippen LogP contribution >= 0.6 is 0 Å². The second kappa shape index (κ2) is 18.7. The van der Waals surface area contributed by atoms with Crippen molar-refractivity contribution in [2.24, 2.45) is 17.8 Å². The van der Waals surface area contributed by atoms with Crippen LogP contribution in [0.25, 0.3) is 0 Å². The average molecular weight is 411 g/mol. The second-order valence-corrected chi connectivity index (χ2v) is 10.2. The molecular weight excluding hydrogens is 356 g/mol. The minimum absolute atomic E-state index is 0.105. The smallest absolute Gasteiger partial charge is 0.0591 e. The Bertz CT molecular complexity index is 331. The van der Waals surface area contributed by atoms with Gasteiger partial charge < -0.3 is 9.84 Å². The Balaban J connectivity index is 1.74. The van der Waals surface area contributed by atoms with Crippen molar-refractivity contribution in [3.05, 3.63) is 0 Å². The first-order valence-corrected chi connectivity index (χ1v) is 13.4. The molecule has 0 aliphatic heterocycles. The van der Waals surface area contributed by atoms with E-state index >= 15 is 0 Å². The molecular formula is C27H54O2. The number of aliphatic hydroxyl groups is 1. The average Bonchev–Trinajstić information content (AvgIpc) is 2.71. The van der Waals surface area contributed by atoms with Crippen molar-refractivity contribution >= 4 is 0 Å². The van der Waals surface area contributed by atoms with Crippen LogP contribution in [0.4, 0.5) is 0 Å². The first-order valence-electron chi connectivity index (χ1n) is 13.4. The molecule has 1 saturated carbocycles. The number of hydrogen-bond donors (Lipinski definition) is 1. The third kappa shape index (κ3) is 14.5. The van der Waals surface area contributed by atoms with Gasteiger partial charge in [0.05, 0.1) is 6.10 Å². The predicted octanol–water partition coefficient (Wildman–Crippen LogP) is 8.31. The van der Waals surface area contributed by atoms with Gasteiger partial charge >= 0.3 is 0 Å². The zero-order valence-corrected chi connectivity index (χ0v) is 20.3. The van der Waals surface area contributed by atoms with Crippen molar-refractivity contribution in [1.82, 2.24) is 0 Å². The van der Waals surface area contributed by atoms with Crippen LogP contribution in [0.5, 0.6) is 0 Å². The highest BCUT2D eigenvalue weighted by atomic mass is 16.5. The summed E-state index contributed by atoms with van der Waals surface area (Å²) in [5.41, 5.74) is 0. The number of unbranched alkanes of at least 4 members (excludes halogenated alkanes) is 15. The summed E-state index contributed by atoms with van der Waals surface area (Å²) in [7, 11) is 0. The quantitative estimate of drug-likeness (QED) is 0.217. The van der Waals surface area contributed by atoms with Crippen LogP contribution in [-0.2, 0) is 4.74 Å². The molecule has 0 bridgehead atoms. The SMILES string of the molecule is CCCCCCCCCCCCCCCCCCOCC1CC(C)C(O)C(C)C1. The summed E-state index contributed by atoms with van der Waals surface area (Å²) in [5, 5.41) is 10.1. The molecule has 0 heterocycles. The summed E-state index contributed by atoms with van der Waals surface area (Å²) in [5.74, 6) is 1.52. The van der Waals surface area contributed by atoms with Crippen LogP contribution in [0.2, 0.25) is 0 Å². The molecule has 2 atom stereocenters. The fourth-order valence-electron chi connectivity index (χ4n) is 5.13. The number of rotatable bonds is 19. The zero-order valence-electron chi connectivity index (χ0n) is 20.3. The Hall–Kier alpha value is -0.0800. The van der Waals surface area contributed by atoms with Crippen LogP contribution in [0.15, 0.2) is 0 Å². The minimum atomic E-state index is -0.105. The standard InChI is InChI=1S/C27H54O2/c1-4-5-6-7-8-9-10-11-12-13-14-15-16-17-18-19-20-29-23-26-21-24(2)27(28)25(3)22-26/h24-28H,4-23H2,1-3H3. The predicted molar refractivity (Wildman–Crippen MR) is 127 cm³/mol. The lowest BCUT2D eigenvalue weighted by atomic mass is 9.75. The van der Waals surface area contributed by atoms with Crippen LogP contribution < -0.4 is 0 Å². The number of ether oxygens (including phenoxy) is 1. The molecule has 1 N–H and O–H groups in total. The zero-order chi connectivity index (χ0) is 21.2. The molecule has 0 saturated heterocycles. The lowest BCUT2D eigenvalue weighted by Crippen LogP contribution is -2.35. The summed E-state index contributed by atoms with van der Waals surface area (Å²) in [6, 6.07) is 0. The maximum Gasteiger partial charge on any atom is 0.0591 e. The third-order valence-corrected chi connectivity index (χ3v) is 7.07. The summed E-state index contributed by atoms with van der Waals surface area (Å²) in [6.45, 7) is 8.49. The molecule has 2 heteroatoms. The first-order chi connectivity index (χ1) is 14.1. The molecule has 0 aromatic carbocycles. The second-order valence-electron chi connectivity index (χ2n) is 10.2. The van der Waals surface area contributed by atoms with Gasteiger partial charge in [-0.25, -0.2) is 0 Å². The highest BCUT2D eigenvalue weighted by Gasteiger charge is 2.31. The fraction of sp³-hybridized carbons (Fsp3) is 1.00. The normalized spacial score (nSPS) is 24.8. The fourth-order valence-corrected chi connectivity index (χ4v) is 5.13. The van der Waals surface area contributed by atoms with E-state index in [0.29, 0.717) is 17.8 Å². The largest absolute Gasteiger partial charge is 0.393 e. The molecule has 1 aliphatic rings. The summed E-state index contributed by atoms with van der Waals surface area (Å²) < 4.78 is 5.94. The molecule has 2 unspecified atom stereocenters. The van der Waals surface area contributed by atoms with Gasteiger partial charge in [-0.05, 0) is 37.0 Å².